The number of carbonyl (C=O) groups is 3. The standard InChI is InChI=1S/C8H6O4.C8H8O2.C8H10/c9-7(10)5-1-2-6(4-3-5)8(11)12;1-6-2-4-7(5-3-6)8(9)10;1-7-3-5-8(2)6-4-7/h1-4H,(H,9,10)(H,11,12);2-5H,1H3,(H,9,10);3-6H,1-2H3. The molecule has 0 aliphatic heterocycles. The van der Waals surface area contributed by atoms with Gasteiger partial charge in [-0.2, -0.15) is 0 Å². The van der Waals surface area contributed by atoms with Gasteiger partial charge in [-0.15, -0.1) is 0 Å². The minimum absolute atomic E-state index is 0.0833. The molecule has 0 spiro atoms. The molecule has 6 nitrogen and oxygen atoms in total. The molecule has 30 heavy (non-hydrogen) atoms. The Kier molecular flexibility index (Phi) is 9.49. The summed E-state index contributed by atoms with van der Waals surface area (Å²) in [6.07, 6.45) is 0. The fraction of sp³-hybridized carbons (Fsp3) is 0.125. The second-order valence-electron chi connectivity index (χ2n) is 6.51. The van der Waals surface area contributed by atoms with Crippen LogP contribution in [0, 0.1) is 20.8 Å². The van der Waals surface area contributed by atoms with Crippen molar-refractivity contribution in [3.63, 3.8) is 0 Å². The van der Waals surface area contributed by atoms with Crippen LogP contribution in [-0.4, -0.2) is 33.2 Å². The summed E-state index contributed by atoms with van der Waals surface area (Å²) in [5.41, 5.74) is 4.24. The van der Waals surface area contributed by atoms with Gasteiger partial charge in [0.25, 0.3) is 0 Å². The van der Waals surface area contributed by atoms with Gasteiger partial charge in [0.05, 0.1) is 16.7 Å². The van der Waals surface area contributed by atoms with Crippen molar-refractivity contribution < 1.29 is 29.7 Å². The van der Waals surface area contributed by atoms with Crippen LogP contribution >= 0.6 is 0 Å². The number of hydrogen-bond donors (Lipinski definition) is 3. The third-order valence-electron chi connectivity index (χ3n) is 3.90. The summed E-state index contributed by atoms with van der Waals surface area (Å²) in [5, 5.41) is 25.4. The van der Waals surface area contributed by atoms with Crippen molar-refractivity contribution in [2.45, 2.75) is 20.8 Å². The molecule has 0 unspecified atom stereocenters. The first-order chi connectivity index (χ1) is 14.1. The second kappa shape index (κ2) is 11.8. The van der Waals surface area contributed by atoms with E-state index in [-0.39, 0.29) is 11.1 Å². The average Bonchev–Trinajstić information content (AvgIpc) is 2.71. The highest BCUT2D eigenvalue weighted by Crippen LogP contribution is 2.04. The predicted molar refractivity (Wildman–Crippen MR) is 114 cm³/mol. The molecule has 156 valence electrons. The largest absolute Gasteiger partial charge is 0.478 e. The Balaban J connectivity index is 0.000000230. The van der Waals surface area contributed by atoms with Crippen LogP contribution in [0.15, 0.2) is 72.8 Å². The Bertz CT molecular complexity index is 918. The molecule has 0 amide bonds. The summed E-state index contributed by atoms with van der Waals surface area (Å²) in [5.74, 6) is -3.00. The van der Waals surface area contributed by atoms with Gasteiger partial charge >= 0.3 is 17.9 Å². The summed E-state index contributed by atoms with van der Waals surface area (Å²) >= 11 is 0. The van der Waals surface area contributed by atoms with Crippen molar-refractivity contribution in [2.75, 3.05) is 0 Å². The van der Waals surface area contributed by atoms with Crippen molar-refractivity contribution in [1.82, 2.24) is 0 Å². The van der Waals surface area contributed by atoms with E-state index in [1.54, 1.807) is 24.3 Å². The Hall–Kier alpha value is -3.93. The molecule has 0 radical (unpaired) electrons. The molecule has 0 heterocycles. The van der Waals surface area contributed by atoms with Crippen LogP contribution in [0.1, 0.15) is 47.8 Å². The Morgan fingerprint density at radius 1 is 0.433 bits per heavy atom. The molecule has 0 atom stereocenters. The lowest BCUT2D eigenvalue weighted by atomic mass is 10.1. The number of aromatic carboxylic acids is 3. The van der Waals surface area contributed by atoms with Gasteiger partial charge < -0.3 is 15.3 Å². The molecule has 0 saturated carbocycles. The van der Waals surface area contributed by atoms with E-state index in [0.29, 0.717) is 5.56 Å². The lowest BCUT2D eigenvalue weighted by Gasteiger charge is -1.94. The molecule has 3 rings (SSSR count). The average molecular weight is 408 g/mol. The van der Waals surface area contributed by atoms with E-state index in [0.717, 1.165) is 5.56 Å². The van der Waals surface area contributed by atoms with Crippen LogP contribution in [0.3, 0.4) is 0 Å². The maximum atomic E-state index is 10.3. The van der Waals surface area contributed by atoms with Gasteiger partial charge in [0.1, 0.15) is 0 Å². The van der Waals surface area contributed by atoms with Crippen LogP contribution < -0.4 is 0 Å². The normalized spacial score (nSPS) is 9.30. The molecule has 3 N–H and O–H groups in total. The first-order valence-corrected chi connectivity index (χ1v) is 9.00. The minimum atomic E-state index is -1.06. The first kappa shape index (κ1) is 24.1. The van der Waals surface area contributed by atoms with Gasteiger partial charge in [0.2, 0.25) is 0 Å². The third kappa shape index (κ3) is 8.84. The first-order valence-electron chi connectivity index (χ1n) is 9.00. The van der Waals surface area contributed by atoms with Crippen LogP contribution in [0.2, 0.25) is 0 Å². The highest BCUT2D eigenvalue weighted by atomic mass is 16.4. The maximum Gasteiger partial charge on any atom is 0.335 e. The van der Waals surface area contributed by atoms with E-state index in [9.17, 15) is 14.4 Å². The third-order valence-corrected chi connectivity index (χ3v) is 3.90. The van der Waals surface area contributed by atoms with E-state index in [2.05, 4.69) is 38.1 Å². The molecular formula is C24H24O6. The van der Waals surface area contributed by atoms with Crippen molar-refractivity contribution in [2.24, 2.45) is 0 Å². The Labute approximate surface area is 175 Å². The zero-order valence-corrected chi connectivity index (χ0v) is 17.0. The maximum absolute atomic E-state index is 10.3. The number of carboxylic acid groups (broad SMARTS) is 3. The monoisotopic (exact) mass is 408 g/mol. The van der Waals surface area contributed by atoms with Crippen LogP contribution in [-0.2, 0) is 0 Å². The quantitative estimate of drug-likeness (QED) is 0.557. The molecule has 0 bridgehead atoms. The van der Waals surface area contributed by atoms with E-state index in [4.69, 9.17) is 15.3 Å². The topological polar surface area (TPSA) is 112 Å². The van der Waals surface area contributed by atoms with E-state index < -0.39 is 17.9 Å². The van der Waals surface area contributed by atoms with Gasteiger partial charge in [0, 0.05) is 0 Å². The lowest BCUT2D eigenvalue weighted by molar-refractivity contribution is 0.0681. The highest BCUT2D eigenvalue weighted by molar-refractivity contribution is 5.91. The van der Waals surface area contributed by atoms with Crippen molar-refractivity contribution >= 4 is 17.9 Å². The zero-order valence-electron chi connectivity index (χ0n) is 17.0. The van der Waals surface area contributed by atoms with Crippen LogP contribution in [0.5, 0.6) is 0 Å². The molecule has 6 heteroatoms. The fourth-order valence-electron chi connectivity index (χ4n) is 2.09. The second-order valence-corrected chi connectivity index (χ2v) is 6.51. The number of carboxylic acids is 3. The van der Waals surface area contributed by atoms with Gasteiger partial charge in [0.15, 0.2) is 0 Å². The number of aryl methyl sites for hydroxylation is 3. The van der Waals surface area contributed by atoms with Gasteiger partial charge in [-0.25, -0.2) is 14.4 Å². The minimum Gasteiger partial charge on any atom is -0.478 e. The molecule has 0 saturated heterocycles. The van der Waals surface area contributed by atoms with E-state index in [1.165, 1.54) is 35.4 Å². The summed E-state index contributed by atoms with van der Waals surface area (Å²) in [7, 11) is 0. The lowest BCUT2D eigenvalue weighted by Crippen LogP contribution is -1.99. The van der Waals surface area contributed by atoms with E-state index in [1.807, 2.05) is 6.92 Å². The predicted octanol–water partition coefficient (Wildman–Crippen LogP) is 5.08. The van der Waals surface area contributed by atoms with Gasteiger partial charge in [-0.1, -0.05) is 53.1 Å². The van der Waals surface area contributed by atoms with E-state index >= 15 is 0 Å². The number of benzene rings is 3. The summed E-state index contributed by atoms with van der Waals surface area (Å²) in [6, 6.07) is 20.3. The highest BCUT2D eigenvalue weighted by Gasteiger charge is 2.04. The van der Waals surface area contributed by atoms with Crippen LogP contribution in [0.4, 0.5) is 0 Å². The molecule has 3 aromatic carbocycles. The summed E-state index contributed by atoms with van der Waals surface area (Å²) < 4.78 is 0. The zero-order chi connectivity index (χ0) is 22.7. The van der Waals surface area contributed by atoms with Crippen molar-refractivity contribution in [3.8, 4) is 0 Å². The molecule has 0 fully saturated rings. The number of hydrogen-bond acceptors (Lipinski definition) is 3. The summed E-state index contributed by atoms with van der Waals surface area (Å²) in [6.45, 7) is 6.12. The smallest absolute Gasteiger partial charge is 0.335 e. The van der Waals surface area contributed by atoms with Crippen molar-refractivity contribution in [1.29, 1.82) is 0 Å². The summed E-state index contributed by atoms with van der Waals surface area (Å²) in [4.78, 5) is 31.0. The molecule has 0 aromatic heterocycles. The number of rotatable bonds is 3. The van der Waals surface area contributed by atoms with Gasteiger partial charge in [-0.05, 0) is 57.2 Å². The fourth-order valence-corrected chi connectivity index (χ4v) is 2.09. The van der Waals surface area contributed by atoms with Crippen LogP contribution in [0.25, 0.3) is 0 Å². The Morgan fingerprint density at radius 3 is 0.800 bits per heavy atom. The SMILES string of the molecule is Cc1ccc(C(=O)O)cc1.Cc1ccc(C)cc1.O=C(O)c1ccc(C(=O)O)cc1. The molecule has 0 aliphatic rings. The molecule has 3 aromatic rings. The Morgan fingerprint density at radius 2 is 0.600 bits per heavy atom. The molecular weight excluding hydrogens is 384 g/mol. The van der Waals surface area contributed by atoms with Gasteiger partial charge in [-0.3, -0.25) is 0 Å². The molecule has 0 aliphatic carbocycles. The van der Waals surface area contributed by atoms with Crippen molar-refractivity contribution in [3.05, 3.63) is 106 Å².